The Morgan fingerprint density at radius 1 is 0.966 bits per heavy atom. The van der Waals surface area contributed by atoms with Crippen molar-refractivity contribution in [3.05, 3.63) is 35.9 Å². The van der Waals surface area contributed by atoms with Crippen LogP contribution in [0.15, 0.2) is 35.4 Å². The average molecular weight is 421 g/mol. The van der Waals surface area contributed by atoms with E-state index in [2.05, 4.69) is 10.0 Å². The lowest BCUT2D eigenvalue weighted by molar-refractivity contribution is -0.137. The first-order valence-electron chi connectivity index (χ1n) is 9.93. The van der Waals surface area contributed by atoms with Gasteiger partial charge in [-0.2, -0.15) is 5.10 Å². The van der Waals surface area contributed by atoms with Gasteiger partial charge in [0.25, 0.3) is 0 Å². The molecule has 0 spiro atoms. The van der Waals surface area contributed by atoms with Crippen molar-refractivity contribution >= 4 is 27.4 Å². The molecule has 158 valence electrons. The van der Waals surface area contributed by atoms with Gasteiger partial charge >= 0.3 is 0 Å². The maximum Gasteiger partial charge on any atom is 0.243 e. The van der Waals surface area contributed by atoms with E-state index in [0.29, 0.717) is 39.3 Å². The standard InChI is InChI=1S/C20H28N4O4S/c1-29(27,28)16-15-22-11-13-23(14-12-22)19(25)7-8-20(26)24-10-9-18(21-24)17-5-3-2-4-6-17/h2-6H,7-16H2,1H3. The van der Waals surface area contributed by atoms with Crippen LogP contribution in [0.5, 0.6) is 0 Å². The van der Waals surface area contributed by atoms with Crippen LogP contribution < -0.4 is 0 Å². The summed E-state index contributed by atoms with van der Waals surface area (Å²) in [6, 6.07) is 9.79. The summed E-state index contributed by atoms with van der Waals surface area (Å²) in [7, 11) is -2.98. The zero-order chi connectivity index (χ0) is 20.9. The number of carbonyl (C=O) groups excluding carboxylic acids is 2. The van der Waals surface area contributed by atoms with Gasteiger partial charge in [0.1, 0.15) is 9.84 Å². The zero-order valence-electron chi connectivity index (χ0n) is 16.8. The minimum absolute atomic E-state index is 0.0347. The van der Waals surface area contributed by atoms with Crippen molar-refractivity contribution in [2.75, 3.05) is 51.3 Å². The minimum Gasteiger partial charge on any atom is -0.340 e. The summed E-state index contributed by atoms with van der Waals surface area (Å²) in [5, 5.41) is 5.89. The molecule has 1 aromatic carbocycles. The van der Waals surface area contributed by atoms with Crippen LogP contribution in [0, 0.1) is 0 Å². The molecule has 8 nitrogen and oxygen atoms in total. The molecule has 1 saturated heterocycles. The topological polar surface area (TPSA) is 90.4 Å². The fourth-order valence-electron chi connectivity index (χ4n) is 3.49. The van der Waals surface area contributed by atoms with E-state index in [1.807, 2.05) is 30.3 Å². The van der Waals surface area contributed by atoms with Crippen molar-refractivity contribution in [2.24, 2.45) is 5.10 Å². The molecule has 0 aromatic heterocycles. The van der Waals surface area contributed by atoms with Crippen LogP contribution >= 0.6 is 0 Å². The van der Waals surface area contributed by atoms with Gasteiger partial charge < -0.3 is 4.90 Å². The SMILES string of the molecule is CS(=O)(=O)CCN1CCN(C(=O)CCC(=O)N2CCC(c3ccccc3)=N2)CC1. The van der Waals surface area contributed by atoms with Crippen LogP contribution in [-0.4, -0.2) is 92.0 Å². The van der Waals surface area contributed by atoms with Crippen molar-refractivity contribution in [2.45, 2.75) is 19.3 Å². The molecule has 0 N–H and O–H groups in total. The summed E-state index contributed by atoms with van der Waals surface area (Å²) < 4.78 is 22.5. The fourth-order valence-corrected chi connectivity index (χ4v) is 4.08. The number of carbonyl (C=O) groups is 2. The predicted molar refractivity (Wildman–Crippen MR) is 111 cm³/mol. The van der Waals surface area contributed by atoms with Crippen molar-refractivity contribution in [3.63, 3.8) is 0 Å². The van der Waals surface area contributed by atoms with Gasteiger partial charge in [0.05, 0.1) is 18.0 Å². The highest BCUT2D eigenvalue weighted by Crippen LogP contribution is 2.15. The Labute approximate surface area is 172 Å². The molecular weight excluding hydrogens is 392 g/mol. The van der Waals surface area contributed by atoms with Crippen molar-refractivity contribution < 1.29 is 18.0 Å². The van der Waals surface area contributed by atoms with Gasteiger partial charge in [-0.3, -0.25) is 14.5 Å². The molecule has 0 aliphatic carbocycles. The van der Waals surface area contributed by atoms with Crippen LogP contribution in [0.2, 0.25) is 0 Å². The van der Waals surface area contributed by atoms with Gasteiger partial charge in [0, 0.05) is 58.2 Å². The van der Waals surface area contributed by atoms with E-state index >= 15 is 0 Å². The Morgan fingerprint density at radius 2 is 1.62 bits per heavy atom. The molecule has 0 radical (unpaired) electrons. The third-order valence-corrected chi connectivity index (χ3v) is 6.18. The molecule has 0 saturated carbocycles. The van der Waals surface area contributed by atoms with Crippen LogP contribution in [-0.2, 0) is 19.4 Å². The first-order valence-corrected chi connectivity index (χ1v) is 12.0. The maximum absolute atomic E-state index is 12.4. The maximum atomic E-state index is 12.4. The lowest BCUT2D eigenvalue weighted by Crippen LogP contribution is -2.49. The number of rotatable bonds is 7. The Balaban J connectivity index is 1.41. The Bertz CT molecular complexity index is 862. The van der Waals surface area contributed by atoms with E-state index in [4.69, 9.17) is 0 Å². The van der Waals surface area contributed by atoms with E-state index in [-0.39, 0.29) is 30.4 Å². The summed E-state index contributed by atoms with van der Waals surface area (Å²) in [5.74, 6) is -0.0276. The lowest BCUT2D eigenvalue weighted by Gasteiger charge is -2.34. The number of nitrogens with zero attached hydrogens (tertiary/aromatic N) is 4. The number of hydrazone groups is 1. The van der Waals surface area contributed by atoms with E-state index in [0.717, 1.165) is 17.7 Å². The second kappa shape index (κ2) is 9.49. The molecule has 0 unspecified atom stereocenters. The number of piperazine rings is 1. The van der Waals surface area contributed by atoms with Gasteiger partial charge in [0.15, 0.2) is 0 Å². The highest BCUT2D eigenvalue weighted by molar-refractivity contribution is 7.90. The molecule has 2 aliphatic rings. The normalized spacial score (nSPS) is 18.0. The molecule has 29 heavy (non-hydrogen) atoms. The highest BCUT2D eigenvalue weighted by atomic mass is 32.2. The number of benzene rings is 1. The van der Waals surface area contributed by atoms with Crippen LogP contribution in [0.3, 0.4) is 0 Å². The molecule has 2 aliphatic heterocycles. The van der Waals surface area contributed by atoms with Crippen molar-refractivity contribution in [1.29, 1.82) is 0 Å². The van der Waals surface area contributed by atoms with Gasteiger partial charge in [-0.1, -0.05) is 30.3 Å². The molecule has 1 aromatic rings. The lowest BCUT2D eigenvalue weighted by atomic mass is 10.1. The molecule has 2 amide bonds. The molecule has 3 rings (SSSR count). The van der Waals surface area contributed by atoms with Crippen molar-refractivity contribution in [1.82, 2.24) is 14.8 Å². The third-order valence-electron chi connectivity index (χ3n) is 5.25. The van der Waals surface area contributed by atoms with Crippen LogP contribution in [0.1, 0.15) is 24.8 Å². The summed E-state index contributed by atoms with van der Waals surface area (Å²) in [6.45, 7) is 3.50. The molecule has 0 atom stereocenters. The first-order chi connectivity index (χ1) is 13.8. The largest absolute Gasteiger partial charge is 0.340 e. The van der Waals surface area contributed by atoms with Gasteiger partial charge in [-0.25, -0.2) is 13.4 Å². The number of hydrogen-bond donors (Lipinski definition) is 0. The van der Waals surface area contributed by atoms with E-state index < -0.39 is 9.84 Å². The molecule has 2 heterocycles. The zero-order valence-corrected chi connectivity index (χ0v) is 17.6. The Morgan fingerprint density at radius 3 is 2.28 bits per heavy atom. The monoisotopic (exact) mass is 420 g/mol. The smallest absolute Gasteiger partial charge is 0.243 e. The quantitative estimate of drug-likeness (QED) is 0.644. The van der Waals surface area contributed by atoms with Gasteiger partial charge in [0.2, 0.25) is 11.8 Å². The number of amides is 2. The van der Waals surface area contributed by atoms with Crippen LogP contribution in [0.4, 0.5) is 0 Å². The fraction of sp³-hybridized carbons (Fsp3) is 0.550. The number of hydrogen-bond acceptors (Lipinski definition) is 6. The van der Waals surface area contributed by atoms with E-state index in [1.165, 1.54) is 11.3 Å². The molecule has 9 heteroatoms. The minimum atomic E-state index is -2.98. The number of sulfone groups is 1. The average Bonchev–Trinajstić information content (AvgIpc) is 3.21. The van der Waals surface area contributed by atoms with E-state index in [1.54, 1.807) is 4.90 Å². The summed E-state index contributed by atoms with van der Waals surface area (Å²) >= 11 is 0. The summed E-state index contributed by atoms with van der Waals surface area (Å²) in [5.41, 5.74) is 1.92. The molecule has 0 bridgehead atoms. The predicted octanol–water partition coefficient (Wildman–Crippen LogP) is 0.592. The Hall–Kier alpha value is -2.26. The highest BCUT2D eigenvalue weighted by Gasteiger charge is 2.25. The summed E-state index contributed by atoms with van der Waals surface area (Å²) in [4.78, 5) is 28.7. The second-order valence-corrected chi connectivity index (χ2v) is 9.79. The molecule has 1 fully saturated rings. The van der Waals surface area contributed by atoms with Crippen LogP contribution in [0.25, 0.3) is 0 Å². The van der Waals surface area contributed by atoms with Gasteiger partial charge in [-0.15, -0.1) is 0 Å². The van der Waals surface area contributed by atoms with Gasteiger partial charge in [-0.05, 0) is 5.56 Å². The summed E-state index contributed by atoms with van der Waals surface area (Å²) in [6.07, 6.45) is 2.28. The van der Waals surface area contributed by atoms with Crippen molar-refractivity contribution in [3.8, 4) is 0 Å². The van der Waals surface area contributed by atoms with E-state index in [9.17, 15) is 18.0 Å². The Kier molecular flexibility index (Phi) is 7.02. The molecular formula is C20H28N4O4S. The third kappa shape index (κ3) is 6.37. The first kappa shape index (κ1) is 21.4. The second-order valence-electron chi connectivity index (χ2n) is 7.53.